The van der Waals surface area contributed by atoms with Crippen LogP contribution < -0.4 is 0 Å². The maximum absolute atomic E-state index is 8.50. The Balaban J connectivity index is -0.0000000200. The van der Waals surface area contributed by atoms with Crippen molar-refractivity contribution in [1.29, 1.82) is 0 Å². The largest absolute Gasteiger partial charge is 0 e. The molecule has 0 atom stereocenters. The van der Waals surface area contributed by atoms with Gasteiger partial charge < -0.3 is 0 Å². The average molecular weight is 201 g/mol. The molecule has 0 aliphatic carbocycles. The van der Waals surface area contributed by atoms with Gasteiger partial charge in [-0.2, -0.15) is 0 Å². The molecule has 0 aliphatic rings. The molecule has 0 bridgehead atoms. The molecular weight excluding hydrogens is 198 g/mol. The van der Waals surface area contributed by atoms with Crippen LogP contribution >= 0.6 is 0 Å². The topological polar surface area (TPSA) is 34.1 Å². The molecule has 5 heteroatoms. The molecule has 0 aromatic carbocycles. The Morgan fingerprint density at radius 1 is 1.20 bits per heavy atom. The first-order valence-corrected chi connectivity index (χ1v) is 1.68. The predicted molar refractivity (Wildman–Crippen MR) is 11.3 cm³/mol. The summed E-state index contributed by atoms with van der Waals surface area (Å²) in [4.78, 5) is 0. The molecule has 0 aromatic rings. The van der Waals surface area contributed by atoms with Crippen LogP contribution in [0.25, 0.3) is 0 Å². The van der Waals surface area contributed by atoms with Gasteiger partial charge in [0.25, 0.3) is 0 Å². The van der Waals surface area contributed by atoms with E-state index >= 15 is 0 Å². The summed E-state index contributed by atoms with van der Waals surface area (Å²) >= 11 is -2.00. The standard InChI is InChI=1S/Al.2O.Ti.Zr.3H. The first-order chi connectivity index (χ1) is 1.41. The van der Waals surface area contributed by atoms with Crippen molar-refractivity contribution < 1.29 is 51.9 Å². The molecule has 0 amide bonds. The zero-order valence-electron chi connectivity index (χ0n) is 1.82. The van der Waals surface area contributed by atoms with Gasteiger partial charge in [0.05, 0.1) is 0 Å². The van der Waals surface area contributed by atoms with Crippen molar-refractivity contribution in [1.82, 2.24) is 0 Å². The van der Waals surface area contributed by atoms with Crippen LogP contribution in [-0.2, 0) is 51.9 Å². The van der Waals surface area contributed by atoms with Crippen molar-refractivity contribution in [2.45, 2.75) is 0 Å². The Kier molecular flexibility index (Phi) is 54.6. The Morgan fingerprint density at radius 3 is 1.20 bits per heavy atom. The van der Waals surface area contributed by atoms with Gasteiger partial charge in [-0.1, -0.05) is 0 Å². The fourth-order valence-electron chi connectivity index (χ4n) is 0. The van der Waals surface area contributed by atoms with Crippen LogP contribution in [0.2, 0.25) is 0 Å². The van der Waals surface area contributed by atoms with Gasteiger partial charge in [0, 0.05) is 26.2 Å². The van der Waals surface area contributed by atoms with E-state index in [4.69, 9.17) is 6.65 Å². The molecule has 0 heterocycles. The van der Waals surface area contributed by atoms with E-state index in [2.05, 4.69) is 0 Å². The van der Waals surface area contributed by atoms with Crippen LogP contribution in [0.4, 0.5) is 0 Å². The minimum atomic E-state index is -2.00. The third-order valence-electron chi connectivity index (χ3n) is 0. The Bertz CT molecular complexity index is 30.6. The fourth-order valence-corrected chi connectivity index (χ4v) is 0. The maximum atomic E-state index is 8.50. The van der Waals surface area contributed by atoms with Crippen LogP contribution in [0, 0.1) is 0 Å². The van der Waals surface area contributed by atoms with E-state index < -0.39 is 19.1 Å². The van der Waals surface area contributed by atoms with Gasteiger partial charge in [0.15, 0.2) is 17.4 Å². The zero-order valence-corrected chi connectivity index (χ0v) is 5.84. The van der Waals surface area contributed by atoms with Crippen molar-refractivity contribution in [2.75, 3.05) is 0 Å². The summed E-state index contributed by atoms with van der Waals surface area (Å²) in [5.41, 5.74) is 0. The molecule has 0 unspecified atom stereocenters. The summed E-state index contributed by atoms with van der Waals surface area (Å²) < 4.78 is 17.0. The molecule has 0 N–H and O–H groups in total. The molecule has 5 heavy (non-hydrogen) atoms. The average Bonchev–Trinajstić information content (AvgIpc) is 0.918. The minimum Gasteiger partial charge on any atom is 0 e. The Morgan fingerprint density at radius 2 is 1.20 bits per heavy atom. The molecule has 2 nitrogen and oxygen atoms in total. The normalized spacial score (nSPS) is 1.60. The quantitative estimate of drug-likeness (QED) is 0.450. The third kappa shape index (κ3) is 26.6. The first-order valence-electron chi connectivity index (χ1n) is 0.408. The molecular formula is H3AlO2TiZr. The maximum Gasteiger partial charge on any atom is 0 e. The summed E-state index contributed by atoms with van der Waals surface area (Å²) in [5.74, 6) is 0. The molecule has 0 saturated heterocycles. The number of hydrogen-bond donors (Lipinski definition) is 0. The minimum absolute atomic E-state index is 0. The van der Waals surface area contributed by atoms with Crippen molar-refractivity contribution in [2.24, 2.45) is 0 Å². The molecule has 0 fully saturated rings. The van der Waals surface area contributed by atoms with E-state index in [9.17, 15) is 0 Å². The first kappa shape index (κ1) is 15.9. The van der Waals surface area contributed by atoms with Crippen LogP contribution in [0.15, 0.2) is 0 Å². The van der Waals surface area contributed by atoms with E-state index in [1.54, 1.807) is 0 Å². The van der Waals surface area contributed by atoms with Gasteiger partial charge in [-0.15, -0.1) is 0 Å². The van der Waals surface area contributed by atoms with Crippen molar-refractivity contribution in [3.05, 3.63) is 0 Å². The van der Waals surface area contributed by atoms with Crippen LogP contribution in [0.1, 0.15) is 0 Å². The Hall–Kier alpha value is 1.73. The Labute approximate surface area is 68.5 Å². The summed E-state index contributed by atoms with van der Waals surface area (Å²) in [7, 11) is 0. The van der Waals surface area contributed by atoms with Gasteiger partial charge in [-0.05, 0) is 0 Å². The molecule has 0 spiro atoms. The summed E-state index contributed by atoms with van der Waals surface area (Å²) in [5, 5.41) is 0. The molecule has 0 aliphatic heterocycles. The summed E-state index contributed by atoms with van der Waals surface area (Å²) in [6.45, 7) is 0. The molecule has 0 saturated carbocycles. The second-order valence-corrected chi connectivity index (χ2v) is 0.344. The van der Waals surface area contributed by atoms with Gasteiger partial charge in [0.2, 0.25) is 0 Å². The zero-order chi connectivity index (χ0) is 2.71. The van der Waals surface area contributed by atoms with Crippen molar-refractivity contribution >= 4 is 17.4 Å². The van der Waals surface area contributed by atoms with E-state index in [1.165, 1.54) is 0 Å². The smallest absolute Gasteiger partial charge is 0 e. The molecule has 0 rings (SSSR count). The van der Waals surface area contributed by atoms with E-state index in [0.29, 0.717) is 0 Å². The monoisotopic (exact) mass is 200 g/mol. The molecule has 0 radical (unpaired) electrons. The third-order valence-corrected chi connectivity index (χ3v) is 0. The van der Waals surface area contributed by atoms with Gasteiger partial charge in [-0.25, -0.2) is 0 Å². The van der Waals surface area contributed by atoms with Gasteiger partial charge in [-0.3, -0.25) is 0 Å². The predicted octanol–water partition coefficient (Wildman–Crippen LogP) is -1.43. The second kappa shape index (κ2) is 17.2. The molecule has 26 valence electrons. The van der Waals surface area contributed by atoms with Gasteiger partial charge >= 0.3 is 25.7 Å². The van der Waals surface area contributed by atoms with E-state index in [1.807, 2.05) is 0 Å². The van der Waals surface area contributed by atoms with Crippen molar-refractivity contribution in [3.63, 3.8) is 0 Å². The van der Waals surface area contributed by atoms with Crippen LogP contribution in [0.3, 0.4) is 0 Å². The van der Waals surface area contributed by atoms with E-state index in [-0.39, 0.29) is 43.6 Å². The fraction of sp³-hybridized carbons (Fsp3) is 0. The van der Waals surface area contributed by atoms with Crippen LogP contribution in [-0.4, -0.2) is 17.4 Å². The molecule has 0 aromatic heterocycles. The van der Waals surface area contributed by atoms with Crippen molar-refractivity contribution in [3.8, 4) is 0 Å². The summed E-state index contributed by atoms with van der Waals surface area (Å²) in [6.07, 6.45) is 0. The summed E-state index contributed by atoms with van der Waals surface area (Å²) in [6, 6.07) is 0. The SMILES string of the molecule is [AlH3].[O]=[Ti]=[O].[Zr]. The number of rotatable bonds is 0. The number of hydrogen-bond acceptors (Lipinski definition) is 2. The van der Waals surface area contributed by atoms with Crippen LogP contribution in [0.5, 0.6) is 0 Å². The second-order valence-electron chi connectivity index (χ2n) is 0.0833. The van der Waals surface area contributed by atoms with Gasteiger partial charge in [0.1, 0.15) is 0 Å². The van der Waals surface area contributed by atoms with E-state index in [0.717, 1.165) is 0 Å².